The second-order valence-electron chi connectivity index (χ2n) is 3.67. The number of nitrogens with one attached hydrogen (secondary N) is 1. The van der Waals surface area contributed by atoms with Crippen LogP contribution in [0.15, 0.2) is 12.1 Å². The van der Waals surface area contributed by atoms with Gasteiger partial charge in [-0.15, -0.1) is 0 Å². The number of carboxylic acid groups (broad SMARTS) is 1. The molecule has 0 fully saturated rings. The van der Waals surface area contributed by atoms with E-state index in [0.29, 0.717) is 12.1 Å². The van der Waals surface area contributed by atoms with Crippen LogP contribution in [0.3, 0.4) is 0 Å². The summed E-state index contributed by atoms with van der Waals surface area (Å²) in [6.45, 7) is 1.11. The van der Waals surface area contributed by atoms with Gasteiger partial charge in [0, 0.05) is 6.04 Å². The van der Waals surface area contributed by atoms with Gasteiger partial charge in [-0.1, -0.05) is 0 Å². The number of hydrogen-bond acceptors (Lipinski definition) is 3. The van der Waals surface area contributed by atoms with Crippen LogP contribution in [0.1, 0.15) is 27.6 Å². The van der Waals surface area contributed by atoms with Crippen LogP contribution in [0, 0.1) is 11.6 Å². The van der Waals surface area contributed by atoms with Crippen molar-refractivity contribution in [2.24, 2.45) is 0 Å². The zero-order valence-electron chi connectivity index (χ0n) is 9.41. The van der Waals surface area contributed by atoms with Crippen LogP contribution < -0.4 is 5.32 Å². The third kappa shape index (κ3) is 3.01. The molecule has 0 heterocycles. The highest BCUT2D eigenvalue weighted by Crippen LogP contribution is 2.15. The van der Waals surface area contributed by atoms with E-state index in [0.717, 1.165) is 0 Å². The number of carbonyl (C=O) groups excluding carboxylic acids is 1. The Balaban J connectivity index is 3.18. The van der Waals surface area contributed by atoms with Crippen LogP contribution >= 0.6 is 0 Å². The Morgan fingerprint density at radius 1 is 1.28 bits per heavy atom. The van der Waals surface area contributed by atoms with Gasteiger partial charge in [-0.2, -0.15) is 0 Å². The van der Waals surface area contributed by atoms with Gasteiger partial charge in [0.05, 0.1) is 17.7 Å². The molecule has 1 aromatic rings. The van der Waals surface area contributed by atoms with Crippen molar-refractivity contribution in [3.63, 3.8) is 0 Å². The van der Waals surface area contributed by atoms with Gasteiger partial charge < -0.3 is 15.5 Å². The van der Waals surface area contributed by atoms with Crippen LogP contribution in [0.4, 0.5) is 8.78 Å². The van der Waals surface area contributed by atoms with Crippen molar-refractivity contribution in [1.82, 2.24) is 5.32 Å². The molecule has 0 bridgehead atoms. The number of benzene rings is 1. The van der Waals surface area contributed by atoms with Crippen molar-refractivity contribution in [2.45, 2.75) is 13.0 Å². The Morgan fingerprint density at radius 2 is 1.78 bits per heavy atom. The summed E-state index contributed by atoms with van der Waals surface area (Å²) in [6, 6.07) is 0.321. The zero-order chi connectivity index (χ0) is 13.9. The highest BCUT2D eigenvalue weighted by molar-refractivity contribution is 6.04. The lowest BCUT2D eigenvalue weighted by molar-refractivity contribution is 0.0689. The third-order valence-electron chi connectivity index (χ3n) is 2.19. The average molecular weight is 259 g/mol. The highest BCUT2D eigenvalue weighted by atomic mass is 19.2. The van der Waals surface area contributed by atoms with Gasteiger partial charge in [0.15, 0.2) is 11.6 Å². The fourth-order valence-electron chi connectivity index (χ4n) is 1.26. The number of amides is 1. The summed E-state index contributed by atoms with van der Waals surface area (Å²) in [7, 11) is 0. The van der Waals surface area contributed by atoms with Crippen molar-refractivity contribution in [2.75, 3.05) is 6.61 Å². The Labute approximate surface area is 101 Å². The van der Waals surface area contributed by atoms with Crippen LogP contribution in [-0.4, -0.2) is 34.7 Å². The monoisotopic (exact) mass is 259 g/mol. The molecule has 98 valence electrons. The lowest BCUT2D eigenvalue weighted by Crippen LogP contribution is -2.36. The fourth-order valence-corrected chi connectivity index (χ4v) is 1.26. The van der Waals surface area contributed by atoms with Gasteiger partial charge in [0.2, 0.25) is 0 Å². The predicted molar refractivity (Wildman–Crippen MR) is 57.3 cm³/mol. The summed E-state index contributed by atoms with van der Waals surface area (Å²) in [5, 5.41) is 19.8. The quantitative estimate of drug-likeness (QED) is 0.745. The Kier molecular flexibility index (Phi) is 4.33. The molecule has 0 saturated carbocycles. The van der Waals surface area contributed by atoms with Gasteiger partial charge in [-0.25, -0.2) is 13.6 Å². The molecule has 0 saturated heterocycles. The van der Waals surface area contributed by atoms with Crippen LogP contribution in [0.5, 0.6) is 0 Å². The third-order valence-corrected chi connectivity index (χ3v) is 2.19. The number of aliphatic hydroxyl groups is 1. The molecule has 0 aromatic heterocycles. The summed E-state index contributed by atoms with van der Waals surface area (Å²) in [5.41, 5.74) is -1.14. The first-order valence-corrected chi connectivity index (χ1v) is 5.01. The maximum absolute atomic E-state index is 13.0. The van der Waals surface area contributed by atoms with Crippen LogP contribution in [0.25, 0.3) is 0 Å². The summed E-state index contributed by atoms with van der Waals surface area (Å²) in [6.07, 6.45) is 0. The highest BCUT2D eigenvalue weighted by Gasteiger charge is 2.21. The summed E-state index contributed by atoms with van der Waals surface area (Å²) in [5.74, 6) is -5.11. The van der Waals surface area contributed by atoms with E-state index < -0.39 is 40.7 Å². The molecule has 0 spiro atoms. The van der Waals surface area contributed by atoms with E-state index in [-0.39, 0.29) is 6.61 Å². The molecule has 1 amide bonds. The van der Waals surface area contributed by atoms with Crippen molar-refractivity contribution in [3.8, 4) is 0 Å². The number of halogens is 2. The topological polar surface area (TPSA) is 86.6 Å². The minimum absolute atomic E-state index is 0.363. The molecule has 5 nitrogen and oxygen atoms in total. The van der Waals surface area contributed by atoms with Crippen molar-refractivity contribution in [1.29, 1.82) is 0 Å². The van der Waals surface area contributed by atoms with E-state index in [9.17, 15) is 18.4 Å². The van der Waals surface area contributed by atoms with E-state index in [1.165, 1.54) is 6.92 Å². The number of aliphatic hydroxyl groups excluding tert-OH is 1. The molecule has 7 heteroatoms. The van der Waals surface area contributed by atoms with Crippen molar-refractivity contribution < 1.29 is 28.6 Å². The van der Waals surface area contributed by atoms with Gasteiger partial charge in [0.25, 0.3) is 5.91 Å². The Bertz CT molecular complexity index is 490. The van der Waals surface area contributed by atoms with Crippen molar-refractivity contribution >= 4 is 11.9 Å². The molecule has 1 unspecified atom stereocenters. The van der Waals surface area contributed by atoms with Crippen LogP contribution in [0.2, 0.25) is 0 Å². The molecule has 0 aliphatic rings. The summed E-state index contributed by atoms with van der Waals surface area (Å²) in [4.78, 5) is 22.5. The smallest absolute Gasteiger partial charge is 0.336 e. The first-order chi connectivity index (χ1) is 8.36. The van der Waals surface area contributed by atoms with E-state index in [2.05, 4.69) is 5.32 Å². The summed E-state index contributed by atoms with van der Waals surface area (Å²) >= 11 is 0. The number of carboxylic acids is 1. The largest absolute Gasteiger partial charge is 0.478 e. The molecule has 1 aromatic carbocycles. The molecule has 18 heavy (non-hydrogen) atoms. The first-order valence-electron chi connectivity index (χ1n) is 5.01. The number of aromatic carboxylic acids is 1. The predicted octanol–water partition coefficient (Wildman–Crippen LogP) is 0.774. The molecular formula is C11H11F2NO4. The second-order valence-corrected chi connectivity index (χ2v) is 3.67. The number of carbonyl (C=O) groups is 2. The lowest BCUT2D eigenvalue weighted by Gasteiger charge is -2.12. The molecule has 0 aliphatic carbocycles. The SMILES string of the molecule is CC(CO)NC(=O)c1cc(F)c(F)cc1C(=O)O. The molecule has 1 rings (SSSR count). The molecule has 3 N–H and O–H groups in total. The van der Waals surface area contributed by atoms with E-state index in [1.54, 1.807) is 0 Å². The molecule has 0 radical (unpaired) electrons. The van der Waals surface area contributed by atoms with Crippen LogP contribution in [-0.2, 0) is 0 Å². The minimum Gasteiger partial charge on any atom is -0.478 e. The summed E-state index contributed by atoms with van der Waals surface area (Å²) < 4.78 is 25.9. The van der Waals surface area contributed by atoms with E-state index in [4.69, 9.17) is 10.2 Å². The van der Waals surface area contributed by atoms with E-state index in [1.807, 2.05) is 0 Å². The number of hydrogen-bond donors (Lipinski definition) is 3. The number of rotatable bonds is 4. The normalized spacial score (nSPS) is 12.0. The van der Waals surface area contributed by atoms with Gasteiger partial charge in [0.1, 0.15) is 0 Å². The van der Waals surface area contributed by atoms with Gasteiger partial charge in [-0.3, -0.25) is 4.79 Å². The van der Waals surface area contributed by atoms with Crippen molar-refractivity contribution in [3.05, 3.63) is 34.9 Å². The maximum atomic E-state index is 13.0. The maximum Gasteiger partial charge on any atom is 0.336 e. The molecule has 0 aliphatic heterocycles. The van der Waals surface area contributed by atoms with Gasteiger partial charge >= 0.3 is 5.97 Å². The Morgan fingerprint density at radius 3 is 2.22 bits per heavy atom. The first kappa shape index (κ1) is 14.0. The molecular weight excluding hydrogens is 248 g/mol. The lowest BCUT2D eigenvalue weighted by atomic mass is 10.1. The zero-order valence-corrected chi connectivity index (χ0v) is 9.41. The average Bonchev–Trinajstić information content (AvgIpc) is 2.31. The van der Waals surface area contributed by atoms with Gasteiger partial charge in [-0.05, 0) is 19.1 Å². The fraction of sp³-hybridized carbons (Fsp3) is 0.273. The van der Waals surface area contributed by atoms with E-state index >= 15 is 0 Å². The Hall–Kier alpha value is -2.02. The minimum atomic E-state index is -1.55. The molecule has 1 atom stereocenters. The second kappa shape index (κ2) is 5.54. The standard InChI is InChI=1S/C11H11F2NO4/c1-5(4-15)14-10(16)6-2-8(12)9(13)3-7(6)11(17)18/h2-3,5,15H,4H2,1H3,(H,14,16)(H,17,18).